The summed E-state index contributed by atoms with van der Waals surface area (Å²) in [7, 11) is 1.79. The Labute approximate surface area is 197 Å². The van der Waals surface area contributed by atoms with Gasteiger partial charge in [-0.25, -0.2) is 24.3 Å². The maximum atomic E-state index is 14.6. The van der Waals surface area contributed by atoms with Gasteiger partial charge in [0, 0.05) is 50.4 Å². The van der Waals surface area contributed by atoms with Crippen LogP contribution in [-0.4, -0.2) is 51.1 Å². The summed E-state index contributed by atoms with van der Waals surface area (Å²) in [5, 5.41) is 4.74. The van der Waals surface area contributed by atoms with Crippen LogP contribution in [0.2, 0.25) is 0 Å². The number of fused-ring (bicyclic) bond motifs is 4. The van der Waals surface area contributed by atoms with Crippen molar-refractivity contribution in [1.29, 1.82) is 0 Å². The summed E-state index contributed by atoms with van der Waals surface area (Å²) in [6.45, 7) is 5.88. The molecule has 2 aliphatic rings. The van der Waals surface area contributed by atoms with Gasteiger partial charge in [-0.15, -0.1) is 0 Å². The summed E-state index contributed by atoms with van der Waals surface area (Å²) in [6, 6.07) is 3.29. The number of nitrogens with zero attached hydrogens (tertiary/aromatic N) is 5. The van der Waals surface area contributed by atoms with Crippen LogP contribution in [0, 0.1) is 24.1 Å². The number of aromatic nitrogens is 5. The Kier molecular flexibility index (Phi) is 4.74. The molecule has 176 valence electrons. The molecular formula is C25H29FN8. The number of hydrogen-bond acceptors (Lipinski definition) is 7. The molecule has 0 amide bonds. The smallest absolute Gasteiger partial charge is 0.144 e. The Morgan fingerprint density at radius 2 is 2.06 bits per heavy atom. The molecule has 2 fully saturated rings. The van der Waals surface area contributed by atoms with E-state index in [1.54, 1.807) is 13.1 Å². The van der Waals surface area contributed by atoms with Gasteiger partial charge in [0.2, 0.25) is 0 Å². The summed E-state index contributed by atoms with van der Waals surface area (Å²) >= 11 is 0. The molecule has 0 spiro atoms. The lowest BCUT2D eigenvalue weighted by Crippen LogP contribution is -2.54. The van der Waals surface area contributed by atoms with E-state index in [1.165, 1.54) is 6.07 Å². The molecule has 0 bridgehead atoms. The normalized spacial score (nSPS) is 24.0. The van der Waals surface area contributed by atoms with Gasteiger partial charge < -0.3 is 20.9 Å². The molecule has 3 aromatic heterocycles. The van der Waals surface area contributed by atoms with Gasteiger partial charge in [-0.3, -0.25) is 0 Å². The van der Waals surface area contributed by atoms with Crippen LogP contribution in [-0.2, 0) is 6.42 Å². The summed E-state index contributed by atoms with van der Waals surface area (Å²) < 4.78 is 14.6. The molecule has 1 aliphatic carbocycles. The Balaban J connectivity index is 1.53. The topological polar surface area (TPSA) is 109 Å². The van der Waals surface area contributed by atoms with E-state index in [2.05, 4.69) is 32.1 Å². The van der Waals surface area contributed by atoms with Gasteiger partial charge in [0.25, 0.3) is 0 Å². The summed E-state index contributed by atoms with van der Waals surface area (Å²) in [6.07, 6.45) is 6.28. The first kappa shape index (κ1) is 21.2. The number of aromatic amines is 1. The second-order valence-corrected chi connectivity index (χ2v) is 9.82. The van der Waals surface area contributed by atoms with Gasteiger partial charge in [0.1, 0.15) is 28.9 Å². The van der Waals surface area contributed by atoms with Crippen molar-refractivity contribution in [2.75, 3.05) is 30.4 Å². The SMILES string of the molecule is CC[C@]12CC(N)[C@H]1CN(c1nc(Cc3cnc(C)nc3)nc3[nH]c4c(NC)cc(F)cc4c13)C2. The maximum Gasteiger partial charge on any atom is 0.144 e. The Morgan fingerprint density at radius 3 is 2.74 bits per heavy atom. The quantitative estimate of drug-likeness (QED) is 0.418. The molecule has 6 rings (SSSR count). The van der Waals surface area contributed by atoms with Gasteiger partial charge in [0.15, 0.2) is 0 Å². The zero-order chi connectivity index (χ0) is 23.6. The molecule has 1 aromatic carbocycles. The minimum absolute atomic E-state index is 0.225. The molecule has 9 heteroatoms. The first-order valence-corrected chi connectivity index (χ1v) is 11.9. The first-order chi connectivity index (χ1) is 16.4. The number of H-pyrrole nitrogens is 1. The molecular weight excluding hydrogens is 431 g/mol. The van der Waals surface area contributed by atoms with Crippen molar-refractivity contribution in [2.45, 2.75) is 39.2 Å². The number of hydrogen-bond donors (Lipinski definition) is 3. The van der Waals surface area contributed by atoms with Crippen molar-refractivity contribution in [3.05, 3.63) is 47.6 Å². The van der Waals surface area contributed by atoms with Crippen molar-refractivity contribution < 1.29 is 4.39 Å². The second-order valence-electron chi connectivity index (χ2n) is 9.82. The molecule has 4 N–H and O–H groups in total. The van der Waals surface area contributed by atoms with Gasteiger partial charge >= 0.3 is 0 Å². The minimum atomic E-state index is -0.293. The van der Waals surface area contributed by atoms with Crippen molar-refractivity contribution >= 4 is 33.4 Å². The van der Waals surface area contributed by atoms with Crippen LogP contribution >= 0.6 is 0 Å². The van der Waals surface area contributed by atoms with Crippen LogP contribution in [0.3, 0.4) is 0 Å². The number of nitrogens with one attached hydrogen (secondary N) is 2. The van der Waals surface area contributed by atoms with Gasteiger partial charge in [-0.1, -0.05) is 6.92 Å². The lowest BCUT2D eigenvalue weighted by atomic mass is 9.58. The third kappa shape index (κ3) is 3.14. The molecule has 4 heterocycles. The first-order valence-electron chi connectivity index (χ1n) is 11.9. The lowest BCUT2D eigenvalue weighted by molar-refractivity contribution is 0.0515. The number of anilines is 2. The Morgan fingerprint density at radius 1 is 1.26 bits per heavy atom. The standard InChI is InChI=1S/C25H29FN8/c1-4-25-8-18(27)17(25)11-34(12-25)24-21-16-6-15(26)7-19(28-3)22(16)33-23(21)31-20(32-24)5-14-9-29-13(2)30-10-14/h6-7,9-10,17-18,28H,4-5,8,11-12,27H2,1-3H3,(H,31,32,33)/t17-,18?,25-/m1/s1. The number of benzene rings is 1. The van der Waals surface area contributed by atoms with Crippen molar-refractivity contribution in [3.8, 4) is 0 Å². The van der Waals surface area contributed by atoms with E-state index in [-0.39, 0.29) is 17.3 Å². The molecule has 1 saturated heterocycles. The van der Waals surface area contributed by atoms with Gasteiger partial charge in [0.05, 0.1) is 16.6 Å². The van der Waals surface area contributed by atoms with Crippen LogP contribution in [0.4, 0.5) is 15.9 Å². The molecule has 1 aliphatic heterocycles. The Hall–Kier alpha value is -3.33. The highest BCUT2D eigenvalue weighted by atomic mass is 19.1. The number of halogens is 1. The summed E-state index contributed by atoms with van der Waals surface area (Å²) in [4.78, 5) is 24.3. The fourth-order valence-corrected chi connectivity index (χ4v) is 6.02. The third-order valence-corrected chi connectivity index (χ3v) is 7.89. The van der Waals surface area contributed by atoms with Crippen LogP contribution in [0.5, 0.6) is 0 Å². The zero-order valence-electron chi connectivity index (χ0n) is 19.7. The third-order valence-electron chi connectivity index (χ3n) is 7.89. The van der Waals surface area contributed by atoms with Crippen molar-refractivity contribution in [3.63, 3.8) is 0 Å². The molecule has 8 nitrogen and oxygen atoms in total. The fourth-order valence-electron chi connectivity index (χ4n) is 6.02. The van der Waals surface area contributed by atoms with Crippen LogP contribution in [0.15, 0.2) is 24.5 Å². The molecule has 3 atom stereocenters. The van der Waals surface area contributed by atoms with Crippen LogP contribution in [0.1, 0.15) is 37.0 Å². The predicted molar refractivity (Wildman–Crippen MR) is 131 cm³/mol. The van der Waals surface area contributed by atoms with Crippen molar-refractivity contribution in [1.82, 2.24) is 24.9 Å². The molecule has 1 unspecified atom stereocenters. The van der Waals surface area contributed by atoms with E-state index in [1.807, 2.05) is 19.3 Å². The molecule has 34 heavy (non-hydrogen) atoms. The lowest BCUT2D eigenvalue weighted by Gasteiger charge is -2.48. The summed E-state index contributed by atoms with van der Waals surface area (Å²) in [5.74, 6) is 2.42. The van der Waals surface area contributed by atoms with E-state index in [4.69, 9.17) is 15.7 Å². The number of aryl methyl sites for hydroxylation is 1. The Bertz CT molecular complexity index is 1400. The van der Waals surface area contributed by atoms with Crippen molar-refractivity contribution in [2.24, 2.45) is 17.1 Å². The van der Waals surface area contributed by atoms with Gasteiger partial charge in [-0.2, -0.15) is 0 Å². The van der Waals surface area contributed by atoms with E-state index in [0.717, 1.165) is 59.4 Å². The van der Waals surface area contributed by atoms with Crippen LogP contribution in [0.25, 0.3) is 21.9 Å². The monoisotopic (exact) mass is 460 g/mol. The highest BCUT2D eigenvalue weighted by Gasteiger charge is 2.56. The largest absolute Gasteiger partial charge is 0.386 e. The predicted octanol–water partition coefficient (Wildman–Crippen LogP) is 3.54. The number of nitrogens with two attached hydrogens (primary N) is 1. The van der Waals surface area contributed by atoms with E-state index < -0.39 is 0 Å². The highest BCUT2D eigenvalue weighted by molar-refractivity contribution is 6.14. The number of rotatable bonds is 5. The van der Waals surface area contributed by atoms with Gasteiger partial charge in [-0.05, 0) is 48.8 Å². The molecule has 0 radical (unpaired) electrons. The summed E-state index contributed by atoms with van der Waals surface area (Å²) in [5.41, 5.74) is 9.82. The van der Waals surface area contributed by atoms with E-state index >= 15 is 0 Å². The average Bonchev–Trinajstić information content (AvgIpc) is 3.34. The fraction of sp³-hybridized carbons (Fsp3) is 0.440. The average molecular weight is 461 g/mol. The second kappa shape index (κ2) is 7.59. The van der Waals surface area contributed by atoms with E-state index in [0.29, 0.717) is 29.5 Å². The molecule has 4 aromatic rings. The minimum Gasteiger partial charge on any atom is -0.386 e. The van der Waals surface area contributed by atoms with E-state index in [9.17, 15) is 4.39 Å². The zero-order valence-corrected chi connectivity index (χ0v) is 19.7. The maximum absolute atomic E-state index is 14.6. The van der Waals surface area contributed by atoms with Crippen LogP contribution < -0.4 is 16.0 Å². The highest BCUT2D eigenvalue weighted by Crippen LogP contribution is 2.54. The molecule has 1 saturated carbocycles.